The molecule has 2 aromatic rings. The van der Waals surface area contributed by atoms with E-state index in [9.17, 15) is 20.0 Å². The van der Waals surface area contributed by atoms with Crippen LogP contribution < -0.4 is 11.0 Å². The molecule has 1 aromatic heterocycles. The molecule has 0 amide bonds. The fourth-order valence-corrected chi connectivity index (χ4v) is 2.63. The van der Waals surface area contributed by atoms with Crippen LogP contribution >= 0.6 is 0 Å². The molecule has 2 heterocycles. The Kier molecular flexibility index (Phi) is 4.74. The lowest BCUT2D eigenvalue weighted by Crippen LogP contribution is -2.27. The number of anilines is 2. The zero-order valence-electron chi connectivity index (χ0n) is 13.0. The van der Waals surface area contributed by atoms with E-state index in [0.717, 1.165) is 0 Å². The number of hydrogen-bond acceptors (Lipinski definition) is 8. The smallest absolute Gasteiger partial charge is 0.351 e. The molecule has 1 aliphatic rings. The molecule has 0 radical (unpaired) electrons. The summed E-state index contributed by atoms with van der Waals surface area (Å²) >= 11 is 0. The normalized spacial score (nSPS) is 22.7. The first-order valence-corrected chi connectivity index (χ1v) is 7.53. The highest BCUT2D eigenvalue weighted by Gasteiger charge is 2.34. The summed E-state index contributed by atoms with van der Waals surface area (Å²) in [5.74, 6) is 0.146. The molecule has 0 saturated carbocycles. The minimum atomic E-state index is -0.869. The summed E-state index contributed by atoms with van der Waals surface area (Å²) in [7, 11) is 0. The Hall–Kier alpha value is -2.82. The van der Waals surface area contributed by atoms with Gasteiger partial charge >= 0.3 is 5.69 Å². The number of aliphatic hydroxyl groups is 2. The third-order valence-electron chi connectivity index (χ3n) is 3.89. The molecule has 10 heteroatoms. The molecular weight excluding hydrogens is 332 g/mol. The number of nitrogens with zero attached hydrogens (tertiary/aromatic N) is 3. The number of hydrogen-bond donors (Lipinski definition) is 3. The van der Waals surface area contributed by atoms with Gasteiger partial charge in [-0.15, -0.1) is 0 Å². The summed E-state index contributed by atoms with van der Waals surface area (Å²) in [6, 6.07) is 7.48. The van der Waals surface area contributed by atoms with Crippen LogP contribution in [0, 0.1) is 10.1 Å². The van der Waals surface area contributed by atoms with Crippen LogP contribution in [0.15, 0.2) is 41.3 Å². The first-order chi connectivity index (χ1) is 12.0. The summed E-state index contributed by atoms with van der Waals surface area (Å²) in [6.07, 6.45) is -0.770. The Morgan fingerprint density at radius 1 is 1.40 bits per heavy atom. The minimum Gasteiger partial charge on any atom is -0.394 e. The van der Waals surface area contributed by atoms with Crippen molar-refractivity contribution < 1.29 is 19.9 Å². The standard InChI is InChI=1S/C15H16N4O6/c20-8-12-11(21)7-14(25-12)18-6-5-13(17-15(18)22)16-9-3-1-2-4-10(9)19(23)24/h1-6,11-12,14,20-21H,7-8H2,(H,16,17,22)/t11-,12+,14+/m0/s1. The fraction of sp³-hybridized carbons (Fsp3) is 0.333. The SMILES string of the molecule is O=c1nc(Nc2ccccc2[N+](=O)[O-])ccn1[C@H]1C[C@H](O)[C@@H](CO)O1. The summed E-state index contributed by atoms with van der Waals surface area (Å²) in [5, 5.41) is 32.6. The van der Waals surface area contributed by atoms with E-state index in [-0.39, 0.29) is 30.2 Å². The molecule has 1 aliphatic heterocycles. The average Bonchev–Trinajstić information content (AvgIpc) is 2.96. The number of nitro benzene ring substituents is 1. The Labute approximate surface area is 141 Å². The van der Waals surface area contributed by atoms with Gasteiger partial charge in [-0.25, -0.2) is 4.79 Å². The van der Waals surface area contributed by atoms with Gasteiger partial charge in [0.1, 0.15) is 23.8 Å². The second kappa shape index (κ2) is 6.97. The molecule has 0 bridgehead atoms. The minimum absolute atomic E-state index is 0.137. The first-order valence-electron chi connectivity index (χ1n) is 7.53. The second-order valence-corrected chi connectivity index (χ2v) is 5.52. The molecule has 0 spiro atoms. The van der Waals surface area contributed by atoms with Gasteiger partial charge in [0.05, 0.1) is 17.6 Å². The predicted octanol–water partition coefficient (Wildman–Crippen LogP) is 0.536. The highest BCUT2D eigenvalue weighted by molar-refractivity contribution is 5.67. The molecule has 25 heavy (non-hydrogen) atoms. The Balaban J connectivity index is 1.82. The molecule has 3 atom stereocenters. The zero-order chi connectivity index (χ0) is 18.0. The third-order valence-corrected chi connectivity index (χ3v) is 3.89. The van der Waals surface area contributed by atoms with Gasteiger partial charge in [0.15, 0.2) is 0 Å². The van der Waals surface area contributed by atoms with E-state index in [1.54, 1.807) is 6.07 Å². The zero-order valence-corrected chi connectivity index (χ0v) is 13.0. The first kappa shape index (κ1) is 17.0. The monoisotopic (exact) mass is 348 g/mol. The van der Waals surface area contributed by atoms with Gasteiger partial charge in [0.2, 0.25) is 0 Å². The molecule has 0 unspecified atom stereocenters. The van der Waals surface area contributed by atoms with Crippen molar-refractivity contribution in [1.82, 2.24) is 9.55 Å². The van der Waals surface area contributed by atoms with Gasteiger partial charge in [-0.2, -0.15) is 4.98 Å². The molecule has 3 rings (SSSR count). The molecule has 3 N–H and O–H groups in total. The summed E-state index contributed by atoms with van der Waals surface area (Å²) < 4.78 is 6.61. The molecule has 10 nitrogen and oxygen atoms in total. The van der Waals surface area contributed by atoms with Crippen molar-refractivity contribution >= 4 is 17.2 Å². The van der Waals surface area contributed by atoms with Gasteiger partial charge in [0.25, 0.3) is 5.69 Å². The molecule has 1 aromatic carbocycles. The average molecular weight is 348 g/mol. The van der Waals surface area contributed by atoms with Crippen LogP contribution in [0.25, 0.3) is 0 Å². The van der Waals surface area contributed by atoms with Crippen LogP contribution in [-0.2, 0) is 4.74 Å². The maximum Gasteiger partial charge on any atom is 0.351 e. The lowest BCUT2D eigenvalue weighted by Gasteiger charge is -2.14. The molecule has 132 valence electrons. The van der Waals surface area contributed by atoms with E-state index in [1.807, 2.05) is 0 Å². The highest BCUT2D eigenvalue weighted by atomic mass is 16.6. The van der Waals surface area contributed by atoms with E-state index in [0.29, 0.717) is 0 Å². The number of aromatic nitrogens is 2. The third kappa shape index (κ3) is 3.50. The van der Waals surface area contributed by atoms with Crippen molar-refractivity contribution in [3.05, 3.63) is 57.1 Å². The Bertz CT molecular complexity index is 839. The maximum absolute atomic E-state index is 12.2. The summed E-state index contributed by atoms with van der Waals surface area (Å²) in [4.78, 5) is 26.5. The predicted molar refractivity (Wildman–Crippen MR) is 86.5 cm³/mol. The fourth-order valence-electron chi connectivity index (χ4n) is 2.63. The van der Waals surface area contributed by atoms with Gasteiger partial charge < -0.3 is 20.3 Å². The quantitative estimate of drug-likeness (QED) is 0.525. The molecule has 0 aliphatic carbocycles. The number of aliphatic hydroxyl groups excluding tert-OH is 2. The summed E-state index contributed by atoms with van der Waals surface area (Å²) in [6.45, 7) is -0.350. The van der Waals surface area contributed by atoms with E-state index in [4.69, 9.17) is 9.84 Å². The van der Waals surface area contributed by atoms with Crippen molar-refractivity contribution in [3.8, 4) is 0 Å². The Morgan fingerprint density at radius 3 is 2.80 bits per heavy atom. The highest BCUT2D eigenvalue weighted by Crippen LogP contribution is 2.28. The number of nitro groups is 1. The van der Waals surface area contributed by atoms with Crippen molar-refractivity contribution in [1.29, 1.82) is 0 Å². The largest absolute Gasteiger partial charge is 0.394 e. The number of rotatable bonds is 5. The maximum atomic E-state index is 12.2. The lowest BCUT2D eigenvalue weighted by molar-refractivity contribution is -0.383. The van der Waals surface area contributed by atoms with Crippen molar-refractivity contribution in [2.45, 2.75) is 24.9 Å². The van der Waals surface area contributed by atoms with Crippen LogP contribution in [0.2, 0.25) is 0 Å². The Morgan fingerprint density at radius 2 is 2.16 bits per heavy atom. The van der Waals surface area contributed by atoms with Gasteiger partial charge in [0, 0.05) is 18.7 Å². The van der Waals surface area contributed by atoms with Crippen LogP contribution in [0.4, 0.5) is 17.2 Å². The number of ether oxygens (including phenoxy) is 1. The molecule has 1 saturated heterocycles. The van der Waals surface area contributed by atoms with Crippen LogP contribution in [-0.4, -0.2) is 43.5 Å². The molecular formula is C15H16N4O6. The van der Waals surface area contributed by atoms with Gasteiger partial charge in [-0.05, 0) is 12.1 Å². The van der Waals surface area contributed by atoms with E-state index in [2.05, 4.69) is 10.3 Å². The lowest BCUT2D eigenvalue weighted by atomic mass is 10.2. The second-order valence-electron chi connectivity index (χ2n) is 5.52. The van der Waals surface area contributed by atoms with Crippen LogP contribution in [0.3, 0.4) is 0 Å². The topological polar surface area (TPSA) is 140 Å². The van der Waals surface area contributed by atoms with Crippen molar-refractivity contribution in [2.75, 3.05) is 11.9 Å². The van der Waals surface area contributed by atoms with Crippen LogP contribution in [0.5, 0.6) is 0 Å². The van der Waals surface area contributed by atoms with Gasteiger partial charge in [-0.3, -0.25) is 14.7 Å². The van der Waals surface area contributed by atoms with Crippen LogP contribution in [0.1, 0.15) is 12.6 Å². The van der Waals surface area contributed by atoms with E-state index < -0.39 is 29.0 Å². The molecule has 1 fully saturated rings. The van der Waals surface area contributed by atoms with Gasteiger partial charge in [-0.1, -0.05) is 12.1 Å². The number of para-hydroxylation sites is 2. The number of benzene rings is 1. The van der Waals surface area contributed by atoms with Crippen molar-refractivity contribution in [2.24, 2.45) is 0 Å². The van der Waals surface area contributed by atoms with E-state index in [1.165, 1.54) is 35.0 Å². The summed E-state index contributed by atoms with van der Waals surface area (Å²) in [5.41, 5.74) is -0.564. The van der Waals surface area contributed by atoms with Crippen molar-refractivity contribution in [3.63, 3.8) is 0 Å². The number of nitrogens with one attached hydrogen (secondary N) is 1. The van der Waals surface area contributed by atoms with E-state index >= 15 is 0 Å².